The van der Waals surface area contributed by atoms with Crippen LogP contribution in [0.25, 0.3) is 6.20 Å². The fourth-order valence-electron chi connectivity index (χ4n) is 1.14. The minimum atomic E-state index is 0.744. The molecule has 2 heterocycles. The molecule has 4 heteroatoms. The Morgan fingerprint density at radius 3 is 3.07 bits per heavy atom. The molecule has 0 aliphatic rings. The van der Waals surface area contributed by atoms with E-state index in [1.165, 1.54) is 0 Å². The third kappa shape index (κ3) is 2.17. The number of imidazole rings is 1. The molecule has 0 unspecified atom stereocenters. The summed E-state index contributed by atoms with van der Waals surface area (Å²) >= 11 is 0. The molecule has 0 N–H and O–H groups in total. The van der Waals surface area contributed by atoms with Crippen molar-refractivity contribution in [2.45, 2.75) is 0 Å². The third-order valence-electron chi connectivity index (χ3n) is 1.87. The summed E-state index contributed by atoms with van der Waals surface area (Å²) in [6.07, 6.45) is 10.3. The Hall–Kier alpha value is -2.23. The van der Waals surface area contributed by atoms with Gasteiger partial charge in [0.1, 0.15) is 0 Å². The lowest BCUT2D eigenvalue weighted by Crippen LogP contribution is -1.92. The SMILES string of the molecule is C=Cn1ccnc1C=Nc1cccnc1. The summed E-state index contributed by atoms with van der Waals surface area (Å²) in [5.74, 6) is 0.744. The number of aromatic nitrogens is 3. The molecule has 0 saturated heterocycles. The monoisotopic (exact) mass is 198 g/mol. The van der Waals surface area contributed by atoms with Crippen LogP contribution < -0.4 is 0 Å². The summed E-state index contributed by atoms with van der Waals surface area (Å²) in [4.78, 5) is 12.3. The molecule has 4 nitrogen and oxygen atoms in total. The Balaban J connectivity index is 2.22. The van der Waals surface area contributed by atoms with Crippen LogP contribution >= 0.6 is 0 Å². The molecule has 0 radical (unpaired) electrons. The second-order valence-corrected chi connectivity index (χ2v) is 2.84. The van der Waals surface area contributed by atoms with Crippen LogP contribution in [0.15, 0.2) is 48.5 Å². The van der Waals surface area contributed by atoms with Crippen molar-refractivity contribution in [3.63, 3.8) is 0 Å². The highest BCUT2D eigenvalue weighted by Crippen LogP contribution is 2.07. The highest BCUT2D eigenvalue weighted by molar-refractivity contribution is 5.78. The minimum absolute atomic E-state index is 0.744. The van der Waals surface area contributed by atoms with Gasteiger partial charge in [0.15, 0.2) is 5.82 Å². The average Bonchev–Trinajstić information content (AvgIpc) is 2.75. The van der Waals surface area contributed by atoms with E-state index in [0.29, 0.717) is 0 Å². The van der Waals surface area contributed by atoms with E-state index in [2.05, 4.69) is 21.5 Å². The summed E-state index contributed by atoms with van der Waals surface area (Å²) in [5, 5.41) is 0. The molecule has 0 spiro atoms. The Bertz CT molecular complexity index is 470. The number of rotatable bonds is 3. The number of hydrogen-bond acceptors (Lipinski definition) is 3. The maximum absolute atomic E-state index is 4.24. The number of nitrogens with zero attached hydrogens (tertiary/aromatic N) is 4. The number of aliphatic imine (C=N–C) groups is 1. The van der Waals surface area contributed by atoms with Gasteiger partial charge >= 0.3 is 0 Å². The lowest BCUT2D eigenvalue weighted by Gasteiger charge is -1.94. The van der Waals surface area contributed by atoms with Crippen LogP contribution in [-0.4, -0.2) is 20.7 Å². The first-order valence-corrected chi connectivity index (χ1v) is 4.49. The fraction of sp³-hybridized carbons (Fsp3) is 0. The first-order valence-electron chi connectivity index (χ1n) is 4.49. The second-order valence-electron chi connectivity index (χ2n) is 2.84. The van der Waals surface area contributed by atoms with E-state index >= 15 is 0 Å². The van der Waals surface area contributed by atoms with Gasteiger partial charge in [-0.2, -0.15) is 0 Å². The van der Waals surface area contributed by atoms with Crippen LogP contribution in [0.3, 0.4) is 0 Å². The zero-order valence-electron chi connectivity index (χ0n) is 8.11. The van der Waals surface area contributed by atoms with Crippen LogP contribution in [-0.2, 0) is 0 Å². The van der Waals surface area contributed by atoms with Crippen molar-refractivity contribution in [3.05, 3.63) is 49.3 Å². The quantitative estimate of drug-likeness (QED) is 0.709. The molecule has 0 aliphatic heterocycles. The summed E-state index contributed by atoms with van der Waals surface area (Å²) in [6.45, 7) is 3.67. The van der Waals surface area contributed by atoms with Gasteiger partial charge in [-0.25, -0.2) is 4.98 Å². The van der Waals surface area contributed by atoms with Gasteiger partial charge in [0, 0.05) is 24.8 Å². The zero-order valence-corrected chi connectivity index (χ0v) is 8.11. The predicted molar refractivity (Wildman–Crippen MR) is 60.1 cm³/mol. The van der Waals surface area contributed by atoms with E-state index < -0.39 is 0 Å². The van der Waals surface area contributed by atoms with Gasteiger partial charge in [-0.1, -0.05) is 6.58 Å². The summed E-state index contributed by atoms with van der Waals surface area (Å²) in [5.41, 5.74) is 0.802. The molecule has 2 rings (SSSR count). The average molecular weight is 198 g/mol. The molecule has 0 atom stereocenters. The molecule has 0 saturated carbocycles. The van der Waals surface area contributed by atoms with E-state index in [1.54, 1.807) is 35.6 Å². The molecule has 0 fully saturated rings. The van der Waals surface area contributed by atoms with Gasteiger partial charge in [-0.15, -0.1) is 0 Å². The largest absolute Gasteiger partial charge is 0.306 e. The molecule has 0 amide bonds. The van der Waals surface area contributed by atoms with Gasteiger partial charge in [0.2, 0.25) is 0 Å². The Morgan fingerprint density at radius 1 is 1.40 bits per heavy atom. The lowest BCUT2D eigenvalue weighted by atomic mass is 10.4. The minimum Gasteiger partial charge on any atom is -0.306 e. The van der Waals surface area contributed by atoms with E-state index in [4.69, 9.17) is 0 Å². The normalized spacial score (nSPS) is 10.7. The number of pyridine rings is 1. The third-order valence-corrected chi connectivity index (χ3v) is 1.87. The van der Waals surface area contributed by atoms with Crippen LogP contribution in [0.2, 0.25) is 0 Å². The number of hydrogen-bond donors (Lipinski definition) is 0. The van der Waals surface area contributed by atoms with Crippen LogP contribution in [0, 0.1) is 0 Å². The second kappa shape index (κ2) is 4.32. The van der Waals surface area contributed by atoms with Crippen molar-refractivity contribution in [1.82, 2.24) is 14.5 Å². The van der Waals surface area contributed by atoms with Crippen LogP contribution in [0.5, 0.6) is 0 Å². The Labute approximate surface area is 87.6 Å². The van der Waals surface area contributed by atoms with Crippen LogP contribution in [0.4, 0.5) is 5.69 Å². The predicted octanol–water partition coefficient (Wildman–Crippen LogP) is 2.13. The van der Waals surface area contributed by atoms with Crippen molar-refractivity contribution >= 4 is 18.1 Å². The maximum atomic E-state index is 4.24. The van der Waals surface area contributed by atoms with E-state index in [0.717, 1.165) is 11.5 Å². The highest BCUT2D eigenvalue weighted by Gasteiger charge is 1.94. The molecule has 2 aromatic rings. The fourth-order valence-corrected chi connectivity index (χ4v) is 1.14. The molecule has 0 aromatic carbocycles. The van der Waals surface area contributed by atoms with Gasteiger partial charge in [-0.05, 0) is 12.1 Å². The summed E-state index contributed by atoms with van der Waals surface area (Å²) in [7, 11) is 0. The smallest absolute Gasteiger partial charge is 0.155 e. The Morgan fingerprint density at radius 2 is 2.33 bits per heavy atom. The van der Waals surface area contributed by atoms with Gasteiger partial charge < -0.3 is 4.57 Å². The first kappa shape index (κ1) is 9.33. The van der Waals surface area contributed by atoms with E-state index in [1.807, 2.05) is 18.3 Å². The van der Waals surface area contributed by atoms with Crippen molar-refractivity contribution in [1.29, 1.82) is 0 Å². The Kier molecular flexibility index (Phi) is 2.69. The molecule has 15 heavy (non-hydrogen) atoms. The molecular weight excluding hydrogens is 188 g/mol. The maximum Gasteiger partial charge on any atom is 0.155 e. The van der Waals surface area contributed by atoms with Crippen molar-refractivity contribution < 1.29 is 0 Å². The molecule has 0 bridgehead atoms. The molecule has 0 aliphatic carbocycles. The molecule has 74 valence electrons. The van der Waals surface area contributed by atoms with Crippen LogP contribution in [0.1, 0.15) is 5.82 Å². The summed E-state index contributed by atoms with van der Waals surface area (Å²) < 4.78 is 1.79. The van der Waals surface area contributed by atoms with Gasteiger partial charge in [-0.3, -0.25) is 9.98 Å². The highest BCUT2D eigenvalue weighted by atomic mass is 15.0. The van der Waals surface area contributed by atoms with Crippen molar-refractivity contribution in [3.8, 4) is 0 Å². The first-order chi connectivity index (χ1) is 7.40. The topological polar surface area (TPSA) is 43.1 Å². The van der Waals surface area contributed by atoms with E-state index in [9.17, 15) is 0 Å². The molecular formula is C11H10N4. The molecule has 2 aromatic heterocycles. The van der Waals surface area contributed by atoms with E-state index in [-0.39, 0.29) is 0 Å². The lowest BCUT2D eigenvalue weighted by molar-refractivity contribution is 1.12. The van der Waals surface area contributed by atoms with Crippen molar-refractivity contribution in [2.75, 3.05) is 0 Å². The van der Waals surface area contributed by atoms with Gasteiger partial charge in [0.25, 0.3) is 0 Å². The zero-order chi connectivity index (χ0) is 10.5. The standard InChI is InChI=1S/C11H10N4/c1-2-15-7-6-13-11(15)9-14-10-4-3-5-12-8-10/h2-9H,1H2. The van der Waals surface area contributed by atoms with Crippen molar-refractivity contribution in [2.24, 2.45) is 4.99 Å². The van der Waals surface area contributed by atoms with Gasteiger partial charge in [0.05, 0.1) is 18.1 Å². The summed E-state index contributed by atoms with van der Waals surface area (Å²) in [6, 6.07) is 3.72.